The molecule has 106 valence electrons. The lowest BCUT2D eigenvalue weighted by Gasteiger charge is -2.25. The second kappa shape index (κ2) is 5.77. The molecule has 0 aliphatic heterocycles. The van der Waals surface area contributed by atoms with Gasteiger partial charge in [0.1, 0.15) is 5.54 Å². The highest BCUT2D eigenvalue weighted by molar-refractivity contribution is 5.88. The molecule has 0 unspecified atom stereocenters. The number of halogens is 1. The number of nitrogens with two attached hydrogens (primary N) is 2. The standard InChI is InChI=1S/C13H20FN3O2/c1-4-5-19-11-7-10(9(15)6-8(11)14)17-13(2,3)12(16)18/h6-7,17H,4-5,15H2,1-3H3,(H2,16,18). The zero-order chi connectivity index (χ0) is 14.6. The van der Waals surface area contributed by atoms with Crippen LogP contribution in [0.25, 0.3) is 0 Å². The first-order chi connectivity index (χ1) is 8.77. The largest absolute Gasteiger partial charge is 0.490 e. The maximum atomic E-state index is 13.6. The van der Waals surface area contributed by atoms with E-state index in [2.05, 4.69) is 5.32 Å². The summed E-state index contributed by atoms with van der Waals surface area (Å²) in [5.74, 6) is -0.973. The second-order valence-electron chi connectivity index (χ2n) is 4.83. The summed E-state index contributed by atoms with van der Waals surface area (Å²) >= 11 is 0. The SMILES string of the molecule is CCCOc1cc(NC(C)(C)C(N)=O)c(N)cc1F. The molecule has 19 heavy (non-hydrogen) atoms. The minimum absolute atomic E-state index is 0.0961. The fraction of sp³-hybridized carbons (Fsp3) is 0.462. The zero-order valence-electron chi connectivity index (χ0n) is 11.4. The van der Waals surface area contributed by atoms with Crippen molar-refractivity contribution in [2.75, 3.05) is 17.7 Å². The summed E-state index contributed by atoms with van der Waals surface area (Å²) in [4.78, 5) is 11.3. The Kier molecular flexibility index (Phi) is 4.58. The molecule has 0 radical (unpaired) electrons. The highest BCUT2D eigenvalue weighted by Crippen LogP contribution is 2.30. The van der Waals surface area contributed by atoms with Gasteiger partial charge in [-0.1, -0.05) is 6.92 Å². The van der Waals surface area contributed by atoms with E-state index < -0.39 is 17.3 Å². The summed E-state index contributed by atoms with van der Waals surface area (Å²) in [5.41, 5.74) is 10.6. The van der Waals surface area contributed by atoms with E-state index in [1.54, 1.807) is 13.8 Å². The van der Waals surface area contributed by atoms with E-state index in [1.807, 2.05) is 6.92 Å². The summed E-state index contributed by atoms with van der Waals surface area (Å²) < 4.78 is 18.9. The van der Waals surface area contributed by atoms with E-state index in [0.29, 0.717) is 12.3 Å². The molecule has 1 aromatic carbocycles. The molecule has 0 aromatic heterocycles. The number of anilines is 2. The number of rotatable bonds is 6. The van der Waals surface area contributed by atoms with Crippen LogP contribution in [0.15, 0.2) is 12.1 Å². The van der Waals surface area contributed by atoms with E-state index in [1.165, 1.54) is 6.07 Å². The van der Waals surface area contributed by atoms with Gasteiger partial charge in [0, 0.05) is 12.1 Å². The van der Waals surface area contributed by atoms with Crippen molar-refractivity contribution in [2.24, 2.45) is 5.73 Å². The Hall–Kier alpha value is -1.98. The topological polar surface area (TPSA) is 90.4 Å². The number of nitrogens with one attached hydrogen (secondary N) is 1. The summed E-state index contributed by atoms with van der Waals surface area (Å²) in [6.07, 6.45) is 0.763. The van der Waals surface area contributed by atoms with E-state index >= 15 is 0 Å². The molecule has 0 bridgehead atoms. The first-order valence-electron chi connectivity index (χ1n) is 6.08. The normalized spacial score (nSPS) is 11.2. The molecular weight excluding hydrogens is 249 g/mol. The van der Waals surface area contributed by atoms with E-state index in [9.17, 15) is 9.18 Å². The fourth-order valence-corrected chi connectivity index (χ4v) is 1.40. The molecule has 5 N–H and O–H groups in total. The molecule has 1 aromatic rings. The number of ether oxygens (including phenoxy) is 1. The van der Waals surface area contributed by atoms with Crippen LogP contribution in [0.1, 0.15) is 27.2 Å². The van der Waals surface area contributed by atoms with Gasteiger partial charge in [-0.15, -0.1) is 0 Å². The van der Waals surface area contributed by atoms with Gasteiger partial charge in [0.25, 0.3) is 0 Å². The number of primary amides is 1. The minimum atomic E-state index is -0.992. The van der Waals surface area contributed by atoms with E-state index in [4.69, 9.17) is 16.2 Å². The van der Waals surface area contributed by atoms with Crippen LogP contribution in [0.2, 0.25) is 0 Å². The Balaban J connectivity index is 3.04. The maximum Gasteiger partial charge on any atom is 0.242 e. The van der Waals surface area contributed by atoms with Crippen molar-refractivity contribution in [3.05, 3.63) is 17.9 Å². The van der Waals surface area contributed by atoms with Crippen LogP contribution in [-0.2, 0) is 4.79 Å². The zero-order valence-corrected chi connectivity index (χ0v) is 11.4. The van der Waals surface area contributed by atoms with Crippen molar-refractivity contribution in [2.45, 2.75) is 32.7 Å². The third kappa shape index (κ3) is 3.74. The molecule has 1 amide bonds. The number of nitrogen functional groups attached to an aromatic ring is 1. The van der Waals surface area contributed by atoms with Crippen LogP contribution < -0.4 is 21.5 Å². The first-order valence-corrected chi connectivity index (χ1v) is 6.08. The highest BCUT2D eigenvalue weighted by Gasteiger charge is 2.25. The quantitative estimate of drug-likeness (QED) is 0.688. The molecule has 0 aliphatic rings. The molecule has 0 atom stereocenters. The summed E-state index contributed by atoms with van der Waals surface area (Å²) in [5, 5.41) is 2.88. The first kappa shape index (κ1) is 15.1. The van der Waals surface area contributed by atoms with Gasteiger partial charge >= 0.3 is 0 Å². The number of hydrogen-bond donors (Lipinski definition) is 3. The summed E-state index contributed by atoms with van der Waals surface area (Å²) in [6.45, 7) is 5.56. The Morgan fingerprint density at radius 2 is 2.11 bits per heavy atom. The average molecular weight is 269 g/mol. The van der Waals surface area contributed by atoms with Crippen molar-refractivity contribution in [3.63, 3.8) is 0 Å². The Morgan fingerprint density at radius 1 is 1.47 bits per heavy atom. The number of hydrogen-bond acceptors (Lipinski definition) is 4. The lowest BCUT2D eigenvalue weighted by molar-refractivity contribution is -0.121. The van der Waals surface area contributed by atoms with Crippen LogP contribution in [-0.4, -0.2) is 18.1 Å². The van der Waals surface area contributed by atoms with Crippen molar-refractivity contribution in [1.82, 2.24) is 0 Å². The molecule has 1 rings (SSSR count). The van der Waals surface area contributed by atoms with Crippen LogP contribution in [0.4, 0.5) is 15.8 Å². The molecule has 0 aliphatic carbocycles. The summed E-state index contributed by atoms with van der Waals surface area (Å²) in [6, 6.07) is 2.59. The van der Waals surface area contributed by atoms with Gasteiger partial charge < -0.3 is 21.5 Å². The van der Waals surface area contributed by atoms with Gasteiger partial charge in [-0.25, -0.2) is 4.39 Å². The second-order valence-corrected chi connectivity index (χ2v) is 4.83. The predicted molar refractivity (Wildman–Crippen MR) is 73.5 cm³/mol. The fourth-order valence-electron chi connectivity index (χ4n) is 1.40. The Labute approximate surface area is 112 Å². The lowest BCUT2D eigenvalue weighted by atomic mass is 10.0. The van der Waals surface area contributed by atoms with Crippen molar-refractivity contribution in [3.8, 4) is 5.75 Å². The molecule has 0 heterocycles. The Morgan fingerprint density at radius 3 is 2.63 bits per heavy atom. The van der Waals surface area contributed by atoms with E-state index in [-0.39, 0.29) is 11.4 Å². The monoisotopic (exact) mass is 269 g/mol. The number of benzene rings is 1. The smallest absolute Gasteiger partial charge is 0.242 e. The average Bonchev–Trinajstić information content (AvgIpc) is 2.30. The molecule has 0 saturated heterocycles. The van der Waals surface area contributed by atoms with Gasteiger partial charge in [0.2, 0.25) is 5.91 Å². The van der Waals surface area contributed by atoms with Gasteiger partial charge in [0.05, 0.1) is 18.0 Å². The number of carbonyl (C=O) groups excluding carboxylic acids is 1. The van der Waals surface area contributed by atoms with Crippen LogP contribution in [0, 0.1) is 5.82 Å². The molecule has 0 fully saturated rings. The molecule has 0 saturated carbocycles. The third-order valence-corrected chi connectivity index (χ3v) is 2.63. The molecule has 6 heteroatoms. The highest BCUT2D eigenvalue weighted by atomic mass is 19.1. The molecule has 0 spiro atoms. The van der Waals surface area contributed by atoms with Crippen molar-refractivity contribution >= 4 is 17.3 Å². The molecular formula is C13H20FN3O2. The number of carbonyl (C=O) groups is 1. The van der Waals surface area contributed by atoms with Crippen LogP contribution in [0.5, 0.6) is 5.75 Å². The lowest BCUT2D eigenvalue weighted by Crippen LogP contribution is -2.45. The number of amides is 1. The van der Waals surface area contributed by atoms with Crippen molar-refractivity contribution < 1.29 is 13.9 Å². The predicted octanol–water partition coefficient (Wildman–Crippen LogP) is 1.87. The van der Waals surface area contributed by atoms with Crippen LogP contribution in [0.3, 0.4) is 0 Å². The maximum absolute atomic E-state index is 13.6. The van der Waals surface area contributed by atoms with Gasteiger partial charge in [-0.2, -0.15) is 0 Å². The van der Waals surface area contributed by atoms with Crippen molar-refractivity contribution in [1.29, 1.82) is 0 Å². The summed E-state index contributed by atoms with van der Waals surface area (Å²) in [7, 11) is 0. The van der Waals surface area contributed by atoms with Crippen LogP contribution >= 0.6 is 0 Å². The van der Waals surface area contributed by atoms with Gasteiger partial charge in [-0.3, -0.25) is 4.79 Å². The minimum Gasteiger partial charge on any atom is -0.490 e. The third-order valence-electron chi connectivity index (χ3n) is 2.63. The Bertz CT molecular complexity index is 475. The van der Waals surface area contributed by atoms with Gasteiger partial charge in [0.15, 0.2) is 11.6 Å². The van der Waals surface area contributed by atoms with E-state index in [0.717, 1.165) is 12.5 Å². The van der Waals surface area contributed by atoms with Gasteiger partial charge in [-0.05, 0) is 20.3 Å². The molecule has 5 nitrogen and oxygen atoms in total.